The fourth-order valence-electron chi connectivity index (χ4n) is 2.43. The highest BCUT2D eigenvalue weighted by atomic mass is 16.3. The van der Waals surface area contributed by atoms with Crippen molar-refractivity contribution in [1.82, 2.24) is 5.32 Å². The van der Waals surface area contributed by atoms with Crippen molar-refractivity contribution >= 4 is 5.91 Å². The van der Waals surface area contributed by atoms with E-state index >= 15 is 0 Å². The molecule has 0 saturated heterocycles. The summed E-state index contributed by atoms with van der Waals surface area (Å²) in [4.78, 5) is 23.5. The fourth-order valence-corrected chi connectivity index (χ4v) is 2.43. The second-order valence-corrected chi connectivity index (χ2v) is 5.51. The third-order valence-corrected chi connectivity index (χ3v) is 3.63. The SMILES string of the molecule is Cc1cc(=O)cc(C(=O)NCc2ccc(-c3ccccc3)cc2)o1. The number of benzene rings is 2. The number of carbonyl (C=O) groups excluding carboxylic acids is 1. The van der Waals surface area contributed by atoms with Gasteiger partial charge in [0.1, 0.15) is 5.76 Å². The quantitative estimate of drug-likeness (QED) is 0.800. The normalized spacial score (nSPS) is 10.4. The maximum Gasteiger partial charge on any atom is 0.287 e. The van der Waals surface area contributed by atoms with Crippen molar-refractivity contribution in [3.63, 3.8) is 0 Å². The number of amides is 1. The number of nitrogens with one attached hydrogen (secondary N) is 1. The van der Waals surface area contributed by atoms with Gasteiger partial charge in [-0.1, -0.05) is 54.6 Å². The molecule has 1 heterocycles. The van der Waals surface area contributed by atoms with Crippen LogP contribution in [0.15, 0.2) is 75.9 Å². The number of carbonyl (C=O) groups is 1. The Labute approximate surface area is 139 Å². The summed E-state index contributed by atoms with van der Waals surface area (Å²) in [6.07, 6.45) is 0. The molecular weight excluding hydrogens is 302 g/mol. The molecule has 0 spiro atoms. The minimum Gasteiger partial charge on any atom is -0.456 e. The van der Waals surface area contributed by atoms with Crippen molar-refractivity contribution in [2.45, 2.75) is 13.5 Å². The second-order valence-electron chi connectivity index (χ2n) is 5.51. The number of aryl methyl sites for hydroxylation is 1. The van der Waals surface area contributed by atoms with Crippen molar-refractivity contribution in [3.05, 3.63) is 94.0 Å². The highest BCUT2D eigenvalue weighted by molar-refractivity contribution is 5.91. The van der Waals surface area contributed by atoms with E-state index in [0.29, 0.717) is 12.3 Å². The van der Waals surface area contributed by atoms with E-state index in [1.54, 1.807) is 6.92 Å². The Hall–Kier alpha value is -3.14. The Morgan fingerprint density at radius 3 is 2.29 bits per heavy atom. The predicted octanol–water partition coefficient (Wildman–Crippen LogP) is 3.55. The van der Waals surface area contributed by atoms with E-state index in [4.69, 9.17) is 4.42 Å². The summed E-state index contributed by atoms with van der Waals surface area (Å²) in [5.41, 5.74) is 3.00. The van der Waals surface area contributed by atoms with Gasteiger partial charge in [-0.25, -0.2) is 0 Å². The zero-order valence-electron chi connectivity index (χ0n) is 13.3. The lowest BCUT2D eigenvalue weighted by atomic mass is 10.0. The van der Waals surface area contributed by atoms with Crippen molar-refractivity contribution in [1.29, 1.82) is 0 Å². The van der Waals surface area contributed by atoms with Gasteiger partial charge < -0.3 is 9.73 Å². The van der Waals surface area contributed by atoms with Gasteiger partial charge >= 0.3 is 0 Å². The first-order valence-corrected chi connectivity index (χ1v) is 7.66. The average molecular weight is 319 g/mol. The molecule has 0 bridgehead atoms. The van der Waals surface area contributed by atoms with Crippen LogP contribution in [0, 0.1) is 6.92 Å². The highest BCUT2D eigenvalue weighted by Crippen LogP contribution is 2.19. The van der Waals surface area contributed by atoms with Gasteiger partial charge in [0, 0.05) is 18.7 Å². The first-order valence-electron chi connectivity index (χ1n) is 7.66. The summed E-state index contributed by atoms with van der Waals surface area (Å²) in [6, 6.07) is 20.6. The molecule has 1 N–H and O–H groups in total. The summed E-state index contributed by atoms with van der Waals surface area (Å²) >= 11 is 0. The first-order chi connectivity index (χ1) is 11.6. The molecule has 0 unspecified atom stereocenters. The molecule has 4 heteroatoms. The van der Waals surface area contributed by atoms with Crippen molar-refractivity contribution in [2.24, 2.45) is 0 Å². The molecular formula is C20H17NO3. The van der Waals surface area contributed by atoms with Crippen LogP contribution in [-0.2, 0) is 6.54 Å². The Morgan fingerprint density at radius 1 is 0.958 bits per heavy atom. The maximum atomic E-state index is 12.1. The zero-order valence-corrected chi connectivity index (χ0v) is 13.3. The van der Waals surface area contributed by atoms with E-state index in [2.05, 4.69) is 17.4 Å². The van der Waals surface area contributed by atoms with Crippen molar-refractivity contribution in [3.8, 4) is 11.1 Å². The van der Waals surface area contributed by atoms with Crippen LogP contribution >= 0.6 is 0 Å². The largest absolute Gasteiger partial charge is 0.456 e. The molecule has 2 aromatic carbocycles. The Balaban J connectivity index is 1.66. The summed E-state index contributed by atoms with van der Waals surface area (Å²) in [7, 11) is 0. The number of rotatable bonds is 4. The second kappa shape index (κ2) is 6.96. The monoisotopic (exact) mass is 319 g/mol. The molecule has 0 atom stereocenters. The van der Waals surface area contributed by atoms with E-state index in [1.807, 2.05) is 42.5 Å². The van der Waals surface area contributed by atoms with Crippen LogP contribution in [0.4, 0.5) is 0 Å². The van der Waals surface area contributed by atoms with Crippen LogP contribution in [-0.4, -0.2) is 5.91 Å². The summed E-state index contributed by atoms with van der Waals surface area (Å²) in [5.74, 6) is 0.0451. The minimum atomic E-state index is -0.400. The van der Waals surface area contributed by atoms with Gasteiger partial charge in [-0.2, -0.15) is 0 Å². The molecule has 0 fully saturated rings. The van der Waals surface area contributed by atoms with Crippen molar-refractivity contribution < 1.29 is 9.21 Å². The third-order valence-electron chi connectivity index (χ3n) is 3.63. The fraction of sp³-hybridized carbons (Fsp3) is 0.100. The Morgan fingerprint density at radius 2 is 1.62 bits per heavy atom. The topological polar surface area (TPSA) is 59.3 Å². The van der Waals surface area contributed by atoms with Gasteiger partial charge in [0.25, 0.3) is 5.91 Å². The van der Waals surface area contributed by atoms with Gasteiger partial charge in [0.2, 0.25) is 0 Å². The minimum absolute atomic E-state index is 0.0286. The first kappa shape index (κ1) is 15.7. The van der Waals surface area contributed by atoms with E-state index < -0.39 is 5.91 Å². The van der Waals surface area contributed by atoms with Gasteiger partial charge in [-0.3, -0.25) is 9.59 Å². The van der Waals surface area contributed by atoms with E-state index in [-0.39, 0.29) is 11.2 Å². The van der Waals surface area contributed by atoms with Crippen LogP contribution in [0.3, 0.4) is 0 Å². The van der Waals surface area contributed by atoms with Crippen LogP contribution in [0.5, 0.6) is 0 Å². The van der Waals surface area contributed by atoms with Crippen LogP contribution < -0.4 is 10.7 Å². The smallest absolute Gasteiger partial charge is 0.287 e. The number of hydrogen-bond donors (Lipinski definition) is 1. The highest BCUT2D eigenvalue weighted by Gasteiger charge is 2.09. The molecule has 0 aliphatic rings. The lowest BCUT2D eigenvalue weighted by molar-refractivity contribution is 0.0919. The maximum absolute atomic E-state index is 12.1. The molecule has 24 heavy (non-hydrogen) atoms. The van der Waals surface area contributed by atoms with Crippen LogP contribution in [0.1, 0.15) is 21.9 Å². The summed E-state index contributed by atoms with van der Waals surface area (Å²) in [6.45, 7) is 2.01. The molecule has 3 aromatic rings. The molecule has 0 aliphatic heterocycles. The van der Waals surface area contributed by atoms with E-state index in [0.717, 1.165) is 16.7 Å². The Bertz CT molecular complexity index is 896. The van der Waals surface area contributed by atoms with Gasteiger partial charge in [0.05, 0.1) is 0 Å². The van der Waals surface area contributed by atoms with E-state index in [1.165, 1.54) is 12.1 Å². The Kier molecular flexibility index (Phi) is 4.57. The molecule has 4 nitrogen and oxygen atoms in total. The van der Waals surface area contributed by atoms with Gasteiger partial charge in [-0.05, 0) is 23.6 Å². The standard InChI is InChI=1S/C20H17NO3/c1-14-11-18(22)12-19(24-14)20(23)21-13-15-7-9-17(10-8-15)16-5-3-2-4-6-16/h2-12H,13H2,1H3,(H,21,23). The molecule has 120 valence electrons. The third kappa shape index (κ3) is 3.79. The zero-order chi connectivity index (χ0) is 16.9. The summed E-state index contributed by atoms with van der Waals surface area (Å²) < 4.78 is 5.27. The molecule has 0 radical (unpaired) electrons. The molecule has 1 aromatic heterocycles. The molecule has 0 aliphatic carbocycles. The molecule has 0 saturated carbocycles. The van der Waals surface area contributed by atoms with Gasteiger partial charge in [-0.15, -0.1) is 0 Å². The average Bonchev–Trinajstić information content (AvgIpc) is 2.60. The summed E-state index contributed by atoms with van der Waals surface area (Å²) in [5, 5.41) is 2.76. The lowest BCUT2D eigenvalue weighted by Crippen LogP contribution is -2.24. The predicted molar refractivity (Wildman–Crippen MR) is 92.8 cm³/mol. The van der Waals surface area contributed by atoms with Crippen molar-refractivity contribution in [2.75, 3.05) is 0 Å². The van der Waals surface area contributed by atoms with Gasteiger partial charge in [0.15, 0.2) is 11.2 Å². The lowest BCUT2D eigenvalue weighted by Gasteiger charge is -2.07. The van der Waals surface area contributed by atoms with E-state index in [9.17, 15) is 9.59 Å². The molecule has 3 rings (SSSR count). The van der Waals surface area contributed by atoms with Crippen LogP contribution in [0.2, 0.25) is 0 Å². The molecule has 1 amide bonds. The number of hydrogen-bond acceptors (Lipinski definition) is 3. The van der Waals surface area contributed by atoms with Crippen LogP contribution in [0.25, 0.3) is 11.1 Å².